The molecule has 0 aliphatic rings. The molecule has 21 heavy (non-hydrogen) atoms. The van der Waals surface area contributed by atoms with Gasteiger partial charge >= 0.3 is 0 Å². The van der Waals surface area contributed by atoms with Crippen LogP contribution in [0.15, 0.2) is 30.3 Å². The molecule has 0 spiro atoms. The Morgan fingerprint density at radius 2 is 1.81 bits per heavy atom. The van der Waals surface area contributed by atoms with Crippen LogP contribution in [-0.2, 0) is 15.9 Å². The Balaban J connectivity index is 2.30. The predicted octanol–water partition coefficient (Wildman–Crippen LogP) is 3.29. The Bertz CT molecular complexity index is 340. The summed E-state index contributed by atoms with van der Waals surface area (Å²) in [5.41, 5.74) is 1.42. The van der Waals surface area contributed by atoms with E-state index in [2.05, 4.69) is 49.5 Å². The highest BCUT2D eigenvalue weighted by atomic mass is 16.5. The van der Waals surface area contributed by atoms with Crippen molar-refractivity contribution in [2.45, 2.75) is 39.2 Å². The molecule has 0 radical (unpaired) electrons. The predicted molar refractivity (Wildman–Crippen MR) is 88.7 cm³/mol. The van der Waals surface area contributed by atoms with Gasteiger partial charge in [0.2, 0.25) is 0 Å². The van der Waals surface area contributed by atoms with Crippen molar-refractivity contribution >= 4 is 0 Å². The Kier molecular flexibility index (Phi) is 10.1. The SMILES string of the molecule is COCCOCCCC(CNC(C)C)Cc1ccccc1. The molecule has 1 aromatic rings. The number of rotatable bonds is 12. The molecule has 1 atom stereocenters. The number of ether oxygens (including phenoxy) is 2. The third-order valence-corrected chi connectivity index (χ3v) is 3.51. The smallest absolute Gasteiger partial charge is 0.0700 e. The number of methoxy groups -OCH3 is 1. The fraction of sp³-hybridized carbons (Fsp3) is 0.667. The van der Waals surface area contributed by atoms with Crippen molar-refractivity contribution in [2.75, 3.05) is 33.5 Å². The second-order valence-corrected chi connectivity index (χ2v) is 5.87. The largest absolute Gasteiger partial charge is 0.382 e. The summed E-state index contributed by atoms with van der Waals surface area (Å²) in [6, 6.07) is 11.3. The normalized spacial score (nSPS) is 12.8. The summed E-state index contributed by atoms with van der Waals surface area (Å²) in [6.45, 7) is 7.69. The summed E-state index contributed by atoms with van der Waals surface area (Å²) in [4.78, 5) is 0. The number of nitrogens with one attached hydrogen (secondary N) is 1. The van der Waals surface area contributed by atoms with E-state index in [0.29, 0.717) is 25.2 Å². The molecule has 0 saturated heterocycles. The van der Waals surface area contributed by atoms with E-state index in [-0.39, 0.29) is 0 Å². The van der Waals surface area contributed by atoms with Gasteiger partial charge in [0.05, 0.1) is 13.2 Å². The second-order valence-electron chi connectivity index (χ2n) is 5.87. The van der Waals surface area contributed by atoms with Gasteiger partial charge in [-0.3, -0.25) is 0 Å². The maximum absolute atomic E-state index is 5.55. The van der Waals surface area contributed by atoms with Crippen molar-refractivity contribution in [1.29, 1.82) is 0 Å². The summed E-state index contributed by atoms with van der Waals surface area (Å²) in [7, 11) is 1.71. The minimum absolute atomic E-state index is 0.543. The molecule has 120 valence electrons. The lowest BCUT2D eigenvalue weighted by Gasteiger charge is -2.19. The van der Waals surface area contributed by atoms with E-state index in [1.165, 1.54) is 12.0 Å². The first-order valence-electron chi connectivity index (χ1n) is 8.06. The van der Waals surface area contributed by atoms with E-state index in [9.17, 15) is 0 Å². The van der Waals surface area contributed by atoms with Crippen LogP contribution in [0.1, 0.15) is 32.3 Å². The molecule has 0 bridgehead atoms. The lowest BCUT2D eigenvalue weighted by Crippen LogP contribution is -2.30. The highest BCUT2D eigenvalue weighted by Crippen LogP contribution is 2.14. The molecule has 0 heterocycles. The maximum Gasteiger partial charge on any atom is 0.0700 e. The van der Waals surface area contributed by atoms with E-state index >= 15 is 0 Å². The van der Waals surface area contributed by atoms with E-state index in [1.54, 1.807) is 7.11 Å². The lowest BCUT2D eigenvalue weighted by molar-refractivity contribution is 0.0671. The number of hydrogen-bond donors (Lipinski definition) is 1. The highest BCUT2D eigenvalue weighted by Gasteiger charge is 2.10. The summed E-state index contributed by atoms with van der Waals surface area (Å²) in [5.74, 6) is 0.667. The highest BCUT2D eigenvalue weighted by molar-refractivity contribution is 5.15. The Hall–Kier alpha value is -0.900. The summed E-state index contributed by atoms with van der Waals surface area (Å²) in [6.07, 6.45) is 3.45. The van der Waals surface area contributed by atoms with Crippen molar-refractivity contribution in [1.82, 2.24) is 5.32 Å². The van der Waals surface area contributed by atoms with Crippen LogP contribution in [-0.4, -0.2) is 39.5 Å². The van der Waals surface area contributed by atoms with E-state index in [4.69, 9.17) is 9.47 Å². The molecule has 1 aromatic carbocycles. The molecule has 0 fully saturated rings. The lowest BCUT2D eigenvalue weighted by atomic mass is 9.94. The number of benzene rings is 1. The van der Waals surface area contributed by atoms with Crippen molar-refractivity contribution < 1.29 is 9.47 Å². The van der Waals surface area contributed by atoms with Crippen LogP contribution in [0, 0.1) is 5.92 Å². The molecule has 3 heteroatoms. The third kappa shape index (κ3) is 9.62. The Labute approximate surface area is 130 Å². The van der Waals surface area contributed by atoms with Crippen LogP contribution >= 0.6 is 0 Å². The summed E-state index contributed by atoms with van der Waals surface area (Å²) < 4.78 is 10.5. The van der Waals surface area contributed by atoms with Crippen LogP contribution in [0.25, 0.3) is 0 Å². The molecule has 1 N–H and O–H groups in total. The quantitative estimate of drug-likeness (QED) is 0.600. The third-order valence-electron chi connectivity index (χ3n) is 3.51. The van der Waals surface area contributed by atoms with Crippen LogP contribution in [0.3, 0.4) is 0 Å². The molecule has 1 rings (SSSR count). The van der Waals surface area contributed by atoms with Gasteiger partial charge in [0, 0.05) is 19.8 Å². The zero-order chi connectivity index (χ0) is 15.3. The molecule has 3 nitrogen and oxygen atoms in total. The second kappa shape index (κ2) is 11.7. The zero-order valence-electron chi connectivity index (χ0n) is 13.8. The topological polar surface area (TPSA) is 30.5 Å². The van der Waals surface area contributed by atoms with Crippen LogP contribution in [0.4, 0.5) is 0 Å². The molecular formula is C18H31NO2. The van der Waals surface area contributed by atoms with Crippen LogP contribution in [0.5, 0.6) is 0 Å². The molecule has 0 amide bonds. The molecule has 0 aromatic heterocycles. The molecular weight excluding hydrogens is 262 g/mol. The average molecular weight is 293 g/mol. The van der Waals surface area contributed by atoms with Gasteiger partial charge in [0.25, 0.3) is 0 Å². The molecule has 0 aliphatic heterocycles. The Morgan fingerprint density at radius 3 is 2.48 bits per heavy atom. The molecule has 0 saturated carbocycles. The summed E-state index contributed by atoms with van der Waals surface area (Å²) in [5, 5.41) is 3.57. The van der Waals surface area contributed by atoms with E-state index in [0.717, 1.165) is 26.0 Å². The van der Waals surface area contributed by atoms with Crippen LogP contribution < -0.4 is 5.32 Å². The minimum Gasteiger partial charge on any atom is -0.382 e. The monoisotopic (exact) mass is 293 g/mol. The fourth-order valence-electron chi connectivity index (χ4n) is 2.34. The standard InChI is InChI=1S/C18H31NO2/c1-16(2)19-15-18(10-7-11-21-13-12-20-3)14-17-8-5-4-6-9-17/h4-6,8-9,16,18-19H,7,10-15H2,1-3H3. The average Bonchev–Trinajstić information content (AvgIpc) is 2.49. The van der Waals surface area contributed by atoms with Gasteiger partial charge < -0.3 is 14.8 Å². The zero-order valence-corrected chi connectivity index (χ0v) is 13.8. The first-order valence-corrected chi connectivity index (χ1v) is 8.06. The van der Waals surface area contributed by atoms with Crippen molar-refractivity contribution in [3.63, 3.8) is 0 Å². The van der Waals surface area contributed by atoms with Crippen molar-refractivity contribution in [2.24, 2.45) is 5.92 Å². The minimum atomic E-state index is 0.543. The molecule has 0 aliphatic carbocycles. The molecule has 1 unspecified atom stereocenters. The maximum atomic E-state index is 5.55. The van der Waals surface area contributed by atoms with E-state index < -0.39 is 0 Å². The number of hydrogen-bond acceptors (Lipinski definition) is 3. The van der Waals surface area contributed by atoms with Gasteiger partial charge in [-0.15, -0.1) is 0 Å². The van der Waals surface area contributed by atoms with Gasteiger partial charge in [0.15, 0.2) is 0 Å². The Morgan fingerprint density at radius 1 is 1.05 bits per heavy atom. The van der Waals surface area contributed by atoms with Crippen molar-refractivity contribution in [3.05, 3.63) is 35.9 Å². The van der Waals surface area contributed by atoms with Gasteiger partial charge in [-0.2, -0.15) is 0 Å². The van der Waals surface area contributed by atoms with Crippen molar-refractivity contribution in [3.8, 4) is 0 Å². The van der Waals surface area contributed by atoms with Gasteiger partial charge in [-0.25, -0.2) is 0 Å². The first kappa shape index (κ1) is 18.1. The van der Waals surface area contributed by atoms with Crippen LogP contribution in [0.2, 0.25) is 0 Å². The van der Waals surface area contributed by atoms with Gasteiger partial charge in [0.1, 0.15) is 0 Å². The first-order chi connectivity index (χ1) is 10.2. The van der Waals surface area contributed by atoms with Gasteiger partial charge in [-0.1, -0.05) is 44.2 Å². The van der Waals surface area contributed by atoms with Gasteiger partial charge in [-0.05, 0) is 37.3 Å². The fourth-order valence-corrected chi connectivity index (χ4v) is 2.34. The summed E-state index contributed by atoms with van der Waals surface area (Å²) >= 11 is 0. The van der Waals surface area contributed by atoms with E-state index in [1.807, 2.05) is 0 Å².